The molecule has 0 spiro atoms. The van der Waals surface area contributed by atoms with Gasteiger partial charge >= 0.3 is 5.97 Å². The third-order valence-corrected chi connectivity index (χ3v) is 3.04. The highest BCUT2D eigenvalue weighted by Crippen LogP contribution is 2.20. The van der Waals surface area contributed by atoms with Crippen molar-refractivity contribution in [2.24, 2.45) is 0 Å². The van der Waals surface area contributed by atoms with Crippen LogP contribution in [0.15, 0.2) is 36.4 Å². The van der Waals surface area contributed by atoms with Crippen LogP contribution < -0.4 is 5.73 Å². The van der Waals surface area contributed by atoms with Crippen molar-refractivity contribution in [3.05, 3.63) is 69.3 Å². The maximum absolute atomic E-state index is 13.1. The Labute approximate surface area is 133 Å². The van der Waals surface area contributed by atoms with Gasteiger partial charge in [-0.05, 0) is 24.3 Å². The van der Waals surface area contributed by atoms with Gasteiger partial charge in [-0.1, -0.05) is 0 Å². The fourth-order valence-electron chi connectivity index (χ4n) is 1.80. The van der Waals surface area contributed by atoms with Gasteiger partial charge in [0.15, 0.2) is 24.0 Å². The second-order valence-electron chi connectivity index (χ2n) is 4.66. The number of nitrogens with zero attached hydrogens (tertiary/aromatic N) is 1. The molecular weight excluding hydrogens is 326 g/mol. The first-order valence-electron chi connectivity index (χ1n) is 6.49. The molecule has 2 aromatic rings. The summed E-state index contributed by atoms with van der Waals surface area (Å²) in [6.45, 7) is -0.758. The molecule has 0 aliphatic heterocycles. The minimum absolute atomic E-state index is 0.0640. The molecule has 0 heterocycles. The van der Waals surface area contributed by atoms with E-state index >= 15 is 0 Å². The molecule has 0 atom stereocenters. The second kappa shape index (κ2) is 6.82. The topological polar surface area (TPSA) is 113 Å². The van der Waals surface area contributed by atoms with E-state index < -0.39 is 34.9 Å². The predicted molar refractivity (Wildman–Crippen MR) is 78.5 cm³/mol. The molecule has 0 unspecified atom stereocenters. The van der Waals surface area contributed by atoms with Gasteiger partial charge < -0.3 is 10.5 Å². The first kappa shape index (κ1) is 17.0. The number of hydrogen-bond donors (Lipinski definition) is 1. The normalized spacial score (nSPS) is 10.2. The van der Waals surface area contributed by atoms with Crippen molar-refractivity contribution in [2.75, 3.05) is 12.3 Å². The largest absolute Gasteiger partial charge is 0.454 e. The highest BCUT2D eigenvalue weighted by molar-refractivity contribution is 6.00. The maximum atomic E-state index is 13.1. The van der Waals surface area contributed by atoms with Gasteiger partial charge in [0, 0.05) is 23.4 Å². The van der Waals surface area contributed by atoms with Crippen LogP contribution in [0.1, 0.15) is 20.7 Å². The molecule has 0 aliphatic carbocycles. The van der Waals surface area contributed by atoms with E-state index in [1.165, 1.54) is 0 Å². The lowest BCUT2D eigenvalue weighted by Crippen LogP contribution is -2.16. The molecule has 0 fully saturated rings. The summed E-state index contributed by atoms with van der Waals surface area (Å²) in [7, 11) is 0. The molecule has 2 rings (SSSR count). The molecule has 2 N–H and O–H groups in total. The molecule has 0 aromatic heterocycles. The number of anilines is 1. The number of non-ortho nitro benzene ring substituents is 1. The summed E-state index contributed by atoms with van der Waals surface area (Å²) in [6.07, 6.45) is 0. The number of nitrogens with two attached hydrogens (primary N) is 1. The van der Waals surface area contributed by atoms with E-state index in [0.717, 1.165) is 30.3 Å². The van der Waals surface area contributed by atoms with Gasteiger partial charge in [-0.2, -0.15) is 0 Å². The van der Waals surface area contributed by atoms with Crippen molar-refractivity contribution in [3.8, 4) is 0 Å². The molecule has 0 radical (unpaired) electrons. The fourth-order valence-corrected chi connectivity index (χ4v) is 1.80. The van der Waals surface area contributed by atoms with Gasteiger partial charge in [-0.25, -0.2) is 13.6 Å². The number of Topliss-reactive ketones (excluding diaryl/α,β-unsaturated/α-hetero) is 1. The number of ketones is 1. The van der Waals surface area contributed by atoms with Gasteiger partial charge in [0.2, 0.25) is 0 Å². The van der Waals surface area contributed by atoms with Crippen LogP contribution in [0.25, 0.3) is 0 Å². The highest BCUT2D eigenvalue weighted by Gasteiger charge is 2.18. The molecule has 7 nitrogen and oxygen atoms in total. The van der Waals surface area contributed by atoms with E-state index in [4.69, 9.17) is 10.5 Å². The number of ether oxygens (including phenoxy) is 1. The number of benzene rings is 2. The minimum Gasteiger partial charge on any atom is -0.454 e. The average molecular weight is 336 g/mol. The number of rotatable bonds is 5. The monoisotopic (exact) mass is 336 g/mol. The summed E-state index contributed by atoms with van der Waals surface area (Å²) < 4.78 is 30.6. The number of nitro groups is 1. The van der Waals surface area contributed by atoms with Crippen molar-refractivity contribution in [2.45, 2.75) is 0 Å². The Morgan fingerprint density at radius 1 is 1.12 bits per heavy atom. The zero-order chi connectivity index (χ0) is 17.9. The Morgan fingerprint density at radius 3 is 2.46 bits per heavy atom. The van der Waals surface area contributed by atoms with E-state index in [-0.39, 0.29) is 22.5 Å². The first-order chi connectivity index (χ1) is 11.3. The number of halogens is 2. The van der Waals surface area contributed by atoms with Crippen LogP contribution in [0.5, 0.6) is 0 Å². The van der Waals surface area contributed by atoms with Gasteiger partial charge in [0.05, 0.1) is 10.5 Å². The molecule has 0 aliphatic rings. The molecule has 24 heavy (non-hydrogen) atoms. The third-order valence-electron chi connectivity index (χ3n) is 3.04. The molecule has 2 aromatic carbocycles. The number of carbonyl (C=O) groups excluding carboxylic acids is 2. The number of esters is 1. The van der Waals surface area contributed by atoms with Crippen molar-refractivity contribution < 1.29 is 28.0 Å². The van der Waals surface area contributed by atoms with E-state index in [1.54, 1.807) is 0 Å². The van der Waals surface area contributed by atoms with E-state index in [0.29, 0.717) is 6.07 Å². The molecule has 0 amide bonds. The quantitative estimate of drug-likeness (QED) is 0.295. The molecule has 0 saturated heterocycles. The number of carbonyl (C=O) groups is 2. The highest BCUT2D eigenvalue weighted by atomic mass is 19.2. The van der Waals surface area contributed by atoms with E-state index in [2.05, 4.69) is 0 Å². The Kier molecular flexibility index (Phi) is 4.83. The summed E-state index contributed by atoms with van der Waals surface area (Å²) in [6, 6.07) is 5.66. The van der Waals surface area contributed by atoms with Crippen molar-refractivity contribution in [1.82, 2.24) is 0 Å². The number of nitrogen functional groups attached to an aromatic ring is 1. The minimum atomic E-state index is -1.21. The van der Waals surface area contributed by atoms with Crippen LogP contribution in [-0.2, 0) is 4.74 Å². The molecule has 124 valence electrons. The average Bonchev–Trinajstić information content (AvgIpc) is 2.55. The number of hydrogen-bond acceptors (Lipinski definition) is 6. The van der Waals surface area contributed by atoms with Crippen LogP contribution >= 0.6 is 0 Å². The van der Waals surface area contributed by atoms with Gasteiger partial charge in [-0.15, -0.1) is 0 Å². The van der Waals surface area contributed by atoms with Crippen molar-refractivity contribution in [3.63, 3.8) is 0 Å². The Balaban J connectivity index is 2.10. The molecule has 0 saturated carbocycles. The van der Waals surface area contributed by atoms with Crippen LogP contribution in [0.4, 0.5) is 20.2 Å². The fraction of sp³-hybridized carbons (Fsp3) is 0.0667. The zero-order valence-corrected chi connectivity index (χ0v) is 12.0. The molecular formula is C15H10F2N2O5. The Hall–Kier alpha value is -3.36. The summed E-state index contributed by atoms with van der Waals surface area (Å²) in [4.78, 5) is 33.7. The number of nitro benzene ring substituents is 1. The summed E-state index contributed by atoms with van der Waals surface area (Å²) in [5.74, 6) is -4.15. The maximum Gasteiger partial charge on any atom is 0.340 e. The van der Waals surface area contributed by atoms with Crippen LogP contribution in [0, 0.1) is 21.7 Å². The smallest absolute Gasteiger partial charge is 0.340 e. The first-order valence-corrected chi connectivity index (χ1v) is 6.49. The van der Waals surface area contributed by atoms with Crippen LogP contribution in [-0.4, -0.2) is 23.3 Å². The van der Waals surface area contributed by atoms with Crippen LogP contribution in [0.2, 0.25) is 0 Å². The lowest BCUT2D eigenvalue weighted by molar-refractivity contribution is -0.384. The standard InChI is InChI=1S/C15H10F2N2O5/c16-11-3-1-8(5-12(11)17)14(20)7-24-15(21)10-6-9(19(22)23)2-4-13(10)18/h1-6H,7,18H2. The lowest BCUT2D eigenvalue weighted by atomic mass is 10.1. The summed E-state index contributed by atoms with van der Waals surface area (Å²) in [5.41, 5.74) is 4.65. The van der Waals surface area contributed by atoms with Gasteiger partial charge in [0.25, 0.3) is 5.69 Å². The Bertz CT molecular complexity index is 839. The van der Waals surface area contributed by atoms with E-state index in [1.807, 2.05) is 0 Å². The summed E-state index contributed by atoms with van der Waals surface area (Å²) in [5, 5.41) is 10.7. The SMILES string of the molecule is Nc1ccc([N+](=O)[O-])cc1C(=O)OCC(=O)c1ccc(F)c(F)c1. The van der Waals surface area contributed by atoms with Crippen molar-refractivity contribution in [1.29, 1.82) is 0 Å². The molecule has 9 heteroatoms. The Morgan fingerprint density at radius 2 is 1.83 bits per heavy atom. The van der Waals surface area contributed by atoms with Gasteiger partial charge in [0.1, 0.15) is 0 Å². The van der Waals surface area contributed by atoms with Crippen LogP contribution in [0.3, 0.4) is 0 Å². The second-order valence-corrected chi connectivity index (χ2v) is 4.66. The zero-order valence-electron chi connectivity index (χ0n) is 12.0. The predicted octanol–water partition coefficient (Wildman–Crippen LogP) is 2.49. The lowest BCUT2D eigenvalue weighted by Gasteiger charge is -2.07. The molecule has 0 bridgehead atoms. The van der Waals surface area contributed by atoms with Crippen molar-refractivity contribution >= 4 is 23.1 Å². The third kappa shape index (κ3) is 3.69. The van der Waals surface area contributed by atoms with Gasteiger partial charge in [-0.3, -0.25) is 14.9 Å². The van der Waals surface area contributed by atoms with E-state index in [9.17, 15) is 28.5 Å². The summed E-state index contributed by atoms with van der Waals surface area (Å²) >= 11 is 0.